The fraction of sp³-hybridized carbons (Fsp3) is 0.700. The van der Waals surface area contributed by atoms with Gasteiger partial charge < -0.3 is 19.9 Å². The Balaban J connectivity index is 0.00000182. The molecule has 0 unspecified atom stereocenters. The Labute approximate surface area is 175 Å². The zero-order chi connectivity index (χ0) is 17.7. The lowest BCUT2D eigenvalue weighted by Gasteiger charge is -2.47. The van der Waals surface area contributed by atoms with Gasteiger partial charge in [-0.1, -0.05) is 25.5 Å². The number of halogens is 2. The van der Waals surface area contributed by atoms with Crippen LogP contribution in [0, 0.1) is 5.92 Å². The van der Waals surface area contributed by atoms with Crippen molar-refractivity contribution in [2.75, 3.05) is 39.9 Å². The predicted molar refractivity (Wildman–Crippen MR) is 114 cm³/mol. The van der Waals surface area contributed by atoms with E-state index in [4.69, 9.17) is 9.47 Å². The number of hydrogen-bond acceptors (Lipinski definition) is 5. The number of likely N-dealkylation sites (tertiary alicyclic amines) is 1. The van der Waals surface area contributed by atoms with Crippen molar-refractivity contribution in [1.29, 1.82) is 0 Å². The summed E-state index contributed by atoms with van der Waals surface area (Å²) in [5.41, 5.74) is 0.695. The van der Waals surface area contributed by atoms with Gasteiger partial charge in [0.15, 0.2) is 11.5 Å². The molecule has 156 valence electrons. The maximum atomic E-state index is 10.8. The fourth-order valence-corrected chi connectivity index (χ4v) is 4.01. The Hall–Kier alpha value is -0.720. The number of nitrogens with one attached hydrogen (secondary N) is 1. The first-order valence-electron chi connectivity index (χ1n) is 9.60. The highest BCUT2D eigenvalue weighted by Crippen LogP contribution is 2.36. The molecular formula is C20H34Cl2N2O3. The molecule has 2 aliphatic rings. The molecule has 2 heterocycles. The number of rotatable bonds is 7. The molecule has 0 spiro atoms. The summed E-state index contributed by atoms with van der Waals surface area (Å²) in [6, 6.07) is 6.12. The second-order valence-electron chi connectivity index (χ2n) is 7.39. The highest BCUT2D eigenvalue weighted by molar-refractivity contribution is 5.85. The summed E-state index contributed by atoms with van der Waals surface area (Å²) < 4.78 is 11.6. The molecule has 0 aliphatic carbocycles. The van der Waals surface area contributed by atoms with E-state index in [1.54, 1.807) is 7.11 Å². The molecule has 0 saturated carbocycles. The van der Waals surface area contributed by atoms with Crippen LogP contribution in [-0.4, -0.2) is 55.5 Å². The van der Waals surface area contributed by atoms with Gasteiger partial charge in [-0.15, -0.1) is 24.8 Å². The van der Waals surface area contributed by atoms with Gasteiger partial charge in [0.1, 0.15) is 0 Å². The largest absolute Gasteiger partial charge is 0.493 e. The Morgan fingerprint density at radius 2 is 2.11 bits per heavy atom. The number of para-hydroxylation sites is 1. The minimum absolute atomic E-state index is 0. The van der Waals surface area contributed by atoms with E-state index in [-0.39, 0.29) is 24.8 Å². The van der Waals surface area contributed by atoms with Crippen LogP contribution in [0.1, 0.15) is 38.2 Å². The average molecular weight is 421 g/mol. The van der Waals surface area contributed by atoms with Gasteiger partial charge >= 0.3 is 0 Å². The minimum Gasteiger partial charge on any atom is -0.493 e. The standard InChI is InChI=1S/C20H32N2O3.2ClH/c1-3-4-12-25-19-16(6-5-7-18(19)24-2)14-22-11-9-20(23)8-10-21-13-17(20)15-22;;/h5-7,17,21,23H,3-4,8-15H2,1-2H3;2*1H/t17-,20-;;/m0../s1. The van der Waals surface area contributed by atoms with Crippen molar-refractivity contribution in [2.45, 2.75) is 44.8 Å². The van der Waals surface area contributed by atoms with Gasteiger partial charge in [0, 0.05) is 37.7 Å². The van der Waals surface area contributed by atoms with Crippen LogP contribution in [0.5, 0.6) is 11.5 Å². The number of benzene rings is 1. The Morgan fingerprint density at radius 1 is 1.30 bits per heavy atom. The molecule has 2 saturated heterocycles. The second-order valence-corrected chi connectivity index (χ2v) is 7.39. The summed E-state index contributed by atoms with van der Waals surface area (Å²) >= 11 is 0. The second kappa shape index (κ2) is 11.3. The van der Waals surface area contributed by atoms with E-state index in [0.717, 1.165) is 76.5 Å². The summed E-state index contributed by atoms with van der Waals surface area (Å²) in [5, 5.41) is 14.3. The number of ether oxygens (including phenoxy) is 2. The third-order valence-corrected chi connectivity index (χ3v) is 5.64. The van der Waals surface area contributed by atoms with Gasteiger partial charge in [0.05, 0.1) is 19.3 Å². The van der Waals surface area contributed by atoms with E-state index in [2.05, 4.69) is 23.2 Å². The van der Waals surface area contributed by atoms with Crippen molar-refractivity contribution in [3.8, 4) is 11.5 Å². The number of piperidine rings is 2. The molecule has 0 bridgehead atoms. The molecule has 2 aliphatic heterocycles. The molecular weight excluding hydrogens is 387 g/mol. The number of hydrogen-bond donors (Lipinski definition) is 2. The van der Waals surface area contributed by atoms with Crippen molar-refractivity contribution in [3.05, 3.63) is 23.8 Å². The highest BCUT2D eigenvalue weighted by Gasteiger charge is 2.42. The zero-order valence-corrected chi connectivity index (χ0v) is 18.0. The third-order valence-electron chi connectivity index (χ3n) is 5.64. The lowest BCUT2D eigenvalue weighted by Crippen LogP contribution is -2.58. The summed E-state index contributed by atoms with van der Waals surface area (Å²) in [6.45, 7) is 7.41. The van der Waals surface area contributed by atoms with Gasteiger partial charge in [-0.05, 0) is 31.9 Å². The van der Waals surface area contributed by atoms with Crippen molar-refractivity contribution in [1.82, 2.24) is 10.2 Å². The van der Waals surface area contributed by atoms with Crippen molar-refractivity contribution >= 4 is 24.8 Å². The molecule has 1 aromatic rings. The van der Waals surface area contributed by atoms with Gasteiger partial charge in [-0.2, -0.15) is 0 Å². The van der Waals surface area contributed by atoms with Crippen LogP contribution in [0.25, 0.3) is 0 Å². The fourth-order valence-electron chi connectivity index (χ4n) is 4.01. The van der Waals surface area contributed by atoms with E-state index >= 15 is 0 Å². The van der Waals surface area contributed by atoms with Gasteiger partial charge in [0.2, 0.25) is 0 Å². The van der Waals surface area contributed by atoms with Gasteiger partial charge in [-0.25, -0.2) is 0 Å². The smallest absolute Gasteiger partial charge is 0.165 e. The molecule has 7 heteroatoms. The highest BCUT2D eigenvalue weighted by atomic mass is 35.5. The van der Waals surface area contributed by atoms with Crippen molar-refractivity contribution in [3.63, 3.8) is 0 Å². The van der Waals surface area contributed by atoms with Crippen LogP contribution in [-0.2, 0) is 6.54 Å². The van der Waals surface area contributed by atoms with E-state index in [9.17, 15) is 5.11 Å². The molecule has 2 fully saturated rings. The lowest BCUT2D eigenvalue weighted by molar-refractivity contribution is -0.0900. The molecule has 1 aromatic carbocycles. The predicted octanol–water partition coefficient (Wildman–Crippen LogP) is 3.26. The number of fused-ring (bicyclic) bond motifs is 1. The minimum atomic E-state index is -0.476. The van der Waals surface area contributed by atoms with Crippen LogP contribution in [0.4, 0.5) is 0 Å². The van der Waals surface area contributed by atoms with Gasteiger partial charge in [0.25, 0.3) is 0 Å². The summed E-state index contributed by atoms with van der Waals surface area (Å²) in [5.74, 6) is 1.99. The van der Waals surface area contributed by atoms with Gasteiger partial charge in [-0.3, -0.25) is 4.90 Å². The number of nitrogens with zero attached hydrogens (tertiary/aromatic N) is 1. The van der Waals surface area contributed by atoms with E-state index in [1.165, 1.54) is 5.56 Å². The van der Waals surface area contributed by atoms with E-state index in [1.807, 2.05) is 12.1 Å². The summed E-state index contributed by atoms with van der Waals surface area (Å²) in [4.78, 5) is 2.44. The first-order valence-corrected chi connectivity index (χ1v) is 9.60. The Morgan fingerprint density at radius 3 is 2.85 bits per heavy atom. The van der Waals surface area contributed by atoms with Crippen molar-refractivity contribution < 1.29 is 14.6 Å². The van der Waals surface area contributed by atoms with Crippen LogP contribution in [0.15, 0.2) is 18.2 Å². The summed E-state index contributed by atoms with van der Waals surface area (Å²) in [7, 11) is 1.69. The molecule has 2 atom stereocenters. The SMILES string of the molecule is CCCCOc1c(CN2CC[C@@]3(O)CCNC[C@H]3C2)cccc1OC.Cl.Cl. The first kappa shape index (κ1) is 24.3. The molecule has 0 aromatic heterocycles. The molecule has 3 rings (SSSR count). The van der Waals surface area contributed by atoms with Crippen molar-refractivity contribution in [2.24, 2.45) is 5.92 Å². The lowest BCUT2D eigenvalue weighted by atomic mass is 9.76. The Kier molecular flexibility index (Phi) is 10.2. The topological polar surface area (TPSA) is 54.0 Å². The molecule has 5 nitrogen and oxygen atoms in total. The third kappa shape index (κ3) is 5.88. The zero-order valence-electron chi connectivity index (χ0n) is 16.4. The van der Waals surface area contributed by atoms with E-state index in [0.29, 0.717) is 5.92 Å². The maximum absolute atomic E-state index is 10.8. The monoisotopic (exact) mass is 420 g/mol. The molecule has 27 heavy (non-hydrogen) atoms. The molecule has 0 amide bonds. The Bertz CT molecular complexity index is 576. The molecule has 0 radical (unpaired) electrons. The number of unbranched alkanes of at least 4 members (excludes halogenated alkanes) is 1. The first-order chi connectivity index (χ1) is 12.2. The quantitative estimate of drug-likeness (QED) is 0.662. The normalized spacial score (nSPS) is 24.9. The van der Waals surface area contributed by atoms with Crippen LogP contribution in [0.3, 0.4) is 0 Å². The number of aliphatic hydroxyl groups is 1. The molecule has 2 N–H and O–H groups in total. The average Bonchev–Trinajstić information content (AvgIpc) is 2.63. The number of methoxy groups -OCH3 is 1. The van der Waals surface area contributed by atoms with Crippen LogP contribution >= 0.6 is 24.8 Å². The van der Waals surface area contributed by atoms with E-state index < -0.39 is 5.60 Å². The van der Waals surface area contributed by atoms with Crippen LogP contribution < -0.4 is 14.8 Å². The maximum Gasteiger partial charge on any atom is 0.165 e. The summed E-state index contributed by atoms with van der Waals surface area (Å²) in [6.07, 6.45) is 3.89. The van der Waals surface area contributed by atoms with Crippen LogP contribution in [0.2, 0.25) is 0 Å².